The van der Waals surface area contributed by atoms with E-state index < -0.39 is 0 Å². The van der Waals surface area contributed by atoms with E-state index in [1.807, 2.05) is 103 Å². The highest BCUT2D eigenvalue weighted by Crippen LogP contribution is 2.53. The number of benzene rings is 7. The van der Waals surface area contributed by atoms with Crippen molar-refractivity contribution >= 4 is 0 Å². The zero-order valence-electron chi connectivity index (χ0n) is 34.3. The smallest absolute Gasteiger partial charge is 0.167 e. The van der Waals surface area contributed by atoms with Crippen LogP contribution in [0.3, 0.4) is 0 Å². The summed E-state index contributed by atoms with van der Waals surface area (Å²) in [6.45, 7) is 9.04. The van der Waals surface area contributed by atoms with Crippen molar-refractivity contribution in [1.82, 2.24) is 29.9 Å². The fraction of sp³-hybridized carbons (Fsp3) is 0.111. The molecule has 2 aliphatic rings. The summed E-state index contributed by atoms with van der Waals surface area (Å²) in [6, 6.07) is 57.9. The van der Waals surface area contributed by atoms with Gasteiger partial charge in [0.15, 0.2) is 34.9 Å². The van der Waals surface area contributed by atoms with Gasteiger partial charge in [0.25, 0.3) is 0 Å². The molecule has 0 N–H and O–H groups in total. The van der Waals surface area contributed by atoms with Gasteiger partial charge in [0, 0.05) is 49.8 Å². The second-order valence-electron chi connectivity index (χ2n) is 16.7. The molecule has 0 bridgehead atoms. The van der Waals surface area contributed by atoms with Gasteiger partial charge in [-0.05, 0) is 34.4 Å². The number of nitrogens with zero attached hydrogens (tertiary/aromatic N) is 6. The number of hydrogen-bond donors (Lipinski definition) is 0. The Kier molecular flexibility index (Phi) is 8.36. The Labute approximate surface area is 354 Å². The van der Waals surface area contributed by atoms with Gasteiger partial charge in [-0.1, -0.05) is 185 Å². The summed E-state index contributed by atoms with van der Waals surface area (Å²) in [5.74, 6) is 5.08. The highest BCUT2D eigenvalue weighted by atomic mass is 16.5. The van der Waals surface area contributed by atoms with E-state index in [1.165, 1.54) is 22.3 Å². The minimum Gasteiger partial charge on any atom is -0.456 e. The van der Waals surface area contributed by atoms with Crippen molar-refractivity contribution in [2.75, 3.05) is 0 Å². The average molecular weight is 789 g/mol. The summed E-state index contributed by atoms with van der Waals surface area (Å²) >= 11 is 0. The summed E-state index contributed by atoms with van der Waals surface area (Å²) < 4.78 is 6.67. The first kappa shape index (κ1) is 36.4. The maximum Gasteiger partial charge on any atom is 0.167 e. The molecule has 1 aliphatic carbocycles. The molecular formula is C54H40N6O. The summed E-state index contributed by atoms with van der Waals surface area (Å²) in [5.41, 5.74) is 12.0. The van der Waals surface area contributed by atoms with E-state index in [2.05, 4.69) is 94.4 Å². The van der Waals surface area contributed by atoms with Crippen molar-refractivity contribution in [3.8, 4) is 91.0 Å². The minimum atomic E-state index is -0.287. The molecule has 7 aromatic carbocycles. The Hall–Kier alpha value is -7.64. The maximum absolute atomic E-state index is 6.67. The Morgan fingerprint density at radius 1 is 0.311 bits per heavy atom. The highest BCUT2D eigenvalue weighted by Gasteiger charge is 2.38. The normalized spacial score (nSPS) is 14.0. The lowest BCUT2D eigenvalue weighted by atomic mass is 9.75. The number of ether oxygens (including phenoxy) is 1. The van der Waals surface area contributed by atoms with E-state index >= 15 is 0 Å². The number of hydrogen-bond acceptors (Lipinski definition) is 7. The molecule has 0 spiro atoms. The van der Waals surface area contributed by atoms with Crippen LogP contribution < -0.4 is 4.74 Å². The third-order valence-electron chi connectivity index (χ3n) is 12.3. The number of fused-ring (bicyclic) bond motifs is 5. The fourth-order valence-corrected chi connectivity index (χ4v) is 9.04. The molecule has 9 aromatic rings. The molecule has 2 aromatic heterocycles. The van der Waals surface area contributed by atoms with Crippen LogP contribution in [-0.2, 0) is 10.8 Å². The number of rotatable bonds is 6. The van der Waals surface area contributed by atoms with E-state index in [4.69, 9.17) is 34.6 Å². The molecule has 61 heavy (non-hydrogen) atoms. The molecule has 7 nitrogen and oxygen atoms in total. The standard InChI is InChI=1S/C54H40N6O/c1-53(2)40-24-12-11-21-37(40)45-38(22-15-26-42(45)53)51-57-47(33-17-7-5-8-18-33)55-49(58-51)35-29-31-36(32-30-35)50-56-48(34-19-9-6-10-20-34)59-52(60-50)39-23-16-27-43-46(39)61-44-28-14-13-25-41(44)54(43,3)4/h5-32H,1-4H3. The third-order valence-corrected chi connectivity index (χ3v) is 12.3. The van der Waals surface area contributed by atoms with Gasteiger partial charge >= 0.3 is 0 Å². The third kappa shape index (κ3) is 6.03. The van der Waals surface area contributed by atoms with E-state index in [0.717, 1.165) is 56.0 Å². The SMILES string of the molecule is CC1(C)c2ccccc2Oc2c(-c3nc(-c4ccccc4)nc(-c4ccc(-c5nc(-c6ccccc6)nc(-c6cccc7c6-c6ccccc6C7(C)C)n5)cc4)n3)cccc21. The Bertz CT molecular complexity index is 3160. The maximum atomic E-state index is 6.67. The molecule has 0 saturated carbocycles. The van der Waals surface area contributed by atoms with Gasteiger partial charge in [-0.3, -0.25) is 0 Å². The van der Waals surface area contributed by atoms with Crippen LogP contribution in [0.25, 0.3) is 79.5 Å². The quantitative estimate of drug-likeness (QED) is 0.166. The van der Waals surface area contributed by atoms with Crippen LogP contribution in [0.4, 0.5) is 0 Å². The lowest BCUT2D eigenvalue weighted by molar-refractivity contribution is 0.419. The predicted molar refractivity (Wildman–Crippen MR) is 242 cm³/mol. The van der Waals surface area contributed by atoms with Crippen LogP contribution in [0.5, 0.6) is 11.5 Å². The lowest BCUT2D eigenvalue weighted by Gasteiger charge is -2.35. The summed E-state index contributed by atoms with van der Waals surface area (Å²) in [6.07, 6.45) is 0. The first-order chi connectivity index (χ1) is 29.7. The Morgan fingerprint density at radius 2 is 0.705 bits per heavy atom. The molecule has 0 atom stereocenters. The van der Waals surface area contributed by atoms with Gasteiger partial charge in [0.2, 0.25) is 0 Å². The molecule has 0 saturated heterocycles. The second-order valence-corrected chi connectivity index (χ2v) is 16.7. The van der Waals surface area contributed by atoms with E-state index in [9.17, 15) is 0 Å². The second kappa shape index (κ2) is 14.0. The van der Waals surface area contributed by atoms with Crippen LogP contribution in [-0.4, -0.2) is 29.9 Å². The molecule has 11 rings (SSSR count). The Morgan fingerprint density at radius 3 is 1.30 bits per heavy atom. The van der Waals surface area contributed by atoms with Gasteiger partial charge in [-0.2, -0.15) is 0 Å². The summed E-state index contributed by atoms with van der Waals surface area (Å²) in [7, 11) is 0. The molecule has 3 heterocycles. The van der Waals surface area contributed by atoms with Crippen LogP contribution in [0, 0.1) is 0 Å². The molecular weight excluding hydrogens is 749 g/mol. The lowest BCUT2D eigenvalue weighted by Crippen LogP contribution is -2.24. The van der Waals surface area contributed by atoms with Gasteiger partial charge in [0.1, 0.15) is 11.5 Å². The van der Waals surface area contributed by atoms with E-state index in [0.29, 0.717) is 34.9 Å². The van der Waals surface area contributed by atoms with Gasteiger partial charge < -0.3 is 4.74 Å². The largest absolute Gasteiger partial charge is 0.456 e. The van der Waals surface area contributed by atoms with Crippen LogP contribution in [0.1, 0.15) is 49.9 Å². The van der Waals surface area contributed by atoms with Crippen molar-refractivity contribution in [2.45, 2.75) is 38.5 Å². The molecule has 0 unspecified atom stereocenters. The average Bonchev–Trinajstić information content (AvgIpc) is 3.55. The molecule has 0 radical (unpaired) electrons. The monoisotopic (exact) mass is 788 g/mol. The predicted octanol–water partition coefficient (Wildman–Crippen LogP) is 12.8. The van der Waals surface area contributed by atoms with Crippen molar-refractivity contribution < 1.29 is 4.74 Å². The molecule has 7 heteroatoms. The molecule has 1 aliphatic heterocycles. The van der Waals surface area contributed by atoms with Crippen molar-refractivity contribution in [1.29, 1.82) is 0 Å². The molecule has 0 amide bonds. The minimum absolute atomic E-state index is 0.153. The summed E-state index contributed by atoms with van der Waals surface area (Å²) in [4.78, 5) is 30.7. The molecule has 0 fully saturated rings. The highest BCUT2D eigenvalue weighted by molar-refractivity contribution is 5.91. The first-order valence-electron chi connectivity index (χ1n) is 20.6. The van der Waals surface area contributed by atoms with Crippen molar-refractivity contribution in [3.05, 3.63) is 192 Å². The summed E-state index contributed by atoms with van der Waals surface area (Å²) in [5, 5.41) is 0. The number of aromatic nitrogens is 6. The van der Waals surface area contributed by atoms with Crippen molar-refractivity contribution in [3.63, 3.8) is 0 Å². The topological polar surface area (TPSA) is 86.6 Å². The Balaban J connectivity index is 1.03. The zero-order valence-corrected chi connectivity index (χ0v) is 34.3. The number of para-hydroxylation sites is 2. The van der Waals surface area contributed by atoms with E-state index in [-0.39, 0.29) is 10.8 Å². The first-order valence-corrected chi connectivity index (χ1v) is 20.6. The van der Waals surface area contributed by atoms with Crippen LogP contribution >= 0.6 is 0 Å². The fourth-order valence-electron chi connectivity index (χ4n) is 9.04. The van der Waals surface area contributed by atoms with Gasteiger partial charge in [-0.25, -0.2) is 29.9 Å². The van der Waals surface area contributed by atoms with Crippen LogP contribution in [0.2, 0.25) is 0 Å². The zero-order chi connectivity index (χ0) is 41.3. The van der Waals surface area contributed by atoms with Crippen molar-refractivity contribution in [2.24, 2.45) is 0 Å². The molecule has 292 valence electrons. The van der Waals surface area contributed by atoms with Gasteiger partial charge in [0.05, 0.1) is 5.56 Å². The van der Waals surface area contributed by atoms with E-state index in [1.54, 1.807) is 0 Å². The van der Waals surface area contributed by atoms with Crippen LogP contribution in [0.15, 0.2) is 170 Å². The van der Waals surface area contributed by atoms with Gasteiger partial charge in [-0.15, -0.1) is 0 Å².